The molecule has 0 fully saturated rings. The Morgan fingerprint density at radius 2 is 2.19 bits per heavy atom. The number of likely N-dealkylation sites (N-methyl/N-ethyl adjacent to an activating group) is 1. The van der Waals surface area contributed by atoms with Gasteiger partial charge in [-0.2, -0.15) is 5.26 Å². The minimum atomic E-state index is -0.101. The quantitative estimate of drug-likeness (QED) is 0.749. The zero-order valence-electron chi connectivity index (χ0n) is 9.11. The van der Waals surface area contributed by atoms with E-state index in [1.807, 2.05) is 18.2 Å². The number of rotatable bonds is 4. The van der Waals surface area contributed by atoms with Gasteiger partial charge >= 0.3 is 0 Å². The Labute approximate surface area is 100 Å². The molecule has 1 aromatic rings. The van der Waals surface area contributed by atoms with Gasteiger partial charge in [-0.1, -0.05) is 18.2 Å². The second kappa shape index (κ2) is 6.14. The molecule has 16 heavy (non-hydrogen) atoms. The molecule has 1 rings (SSSR count). The molecule has 0 unspecified atom stereocenters. The van der Waals surface area contributed by atoms with Crippen LogP contribution in [0.4, 0.5) is 0 Å². The second-order valence-corrected chi connectivity index (χ2v) is 3.74. The topological polar surface area (TPSA) is 44.1 Å². The van der Waals surface area contributed by atoms with Crippen molar-refractivity contribution in [2.45, 2.75) is 6.42 Å². The van der Waals surface area contributed by atoms with E-state index in [2.05, 4.69) is 6.07 Å². The van der Waals surface area contributed by atoms with E-state index in [0.717, 1.165) is 5.56 Å². The number of alkyl halides is 1. The number of nitrogens with zero attached hydrogens (tertiary/aromatic N) is 2. The highest BCUT2D eigenvalue weighted by Crippen LogP contribution is 2.08. The van der Waals surface area contributed by atoms with Gasteiger partial charge in [-0.3, -0.25) is 4.79 Å². The molecule has 0 atom stereocenters. The van der Waals surface area contributed by atoms with Crippen molar-refractivity contribution in [2.75, 3.05) is 19.5 Å². The van der Waals surface area contributed by atoms with Crippen molar-refractivity contribution in [2.24, 2.45) is 0 Å². The molecule has 0 aliphatic rings. The lowest BCUT2D eigenvalue weighted by Crippen LogP contribution is -2.29. The van der Waals surface area contributed by atoms with Crippen LogP contribution in [0, 0.1) is 11.3 Å². The summed E-state index contributed by atoms with van der Waals surface area (Å²) in [5.74, 6) is -0.104. The Morgan fingerprint density at radius 3 is 2.81 bits per heavy atom. The van der Waals surface area contributed by atoms with Gasteiger partial charge in [-0.15, -0.1) is 11.6 Å². The Balaban J connectivity index is 2.62. The molecule has 4 heteroatoms. The van der Waals surface area contributed by atoms with Gasteiger partial charge in [0.15, 0.2) is 0 Å². The standard InChI is InChI=1S/C12H13ClN2O/c1-15(12(16)8-13)7-6-10-4-2-3-5-11(10)9-14/h2-5H,6-8H2,1H3. The smallest absolute Gasteiger partial charge is 0.237 e. The molecule has 1 amide bonds. The summed E-state index contributed by atoms with van der Waals surface area (Å²) in [6.07, 6.45) is 0.670. The van der Waals surface area contributed by atoms with Gasteiger partial charge in [-0.05, 0) is 18.1 Å². The summed E-state index contributed by atoms with van der Waals surface area (Å²) in [6, 6.07) is 9.53. The highest BCUT2D eigenvalue weighted by atomic mass is 35.5. The third kappa shape index (κ3) is 3.25. The van der Waals surface area contributed by atoms with Crippen molar-refractivity contribution in [3.8, 4) is 6.07 Å². The highest BCUT2D eigenvalue weighted by Gasteiger charge is 2.07. The first-order valence-corrected chi connectivity index (χ1v) is 5.50. The maximum Gasteiger partial charge on any atom is 0.237 e. The molecule has 0 saturated carbocycles. The Bertz CT molecular complexity index is 412. The molecule has 1 aromatic carbocycles. The van der Waals surface area contributed by atoms with Crippen LogP contribution in [0.3, 0.4) is 0 Å². The maximum absolute atomic E-state index is 11.2. The lowest BCUT2D eigenvalue weighted by atomic mass is 10.1. The molecule has 84 valence electrons. The first-order chi connectivity index (χ1) is 7.69. The third-order valence-electron chi connectivity index (χ3n) is 2.39. The summed E-state index contributed by atoms with van der Waals surface area (Å²) in [5, 5.41) is 8.89. The number of halogens is 1. The lowest BCUT2D eigenvalue weighted by Gasteiger charge is -2.15. The molecule has 0 aliphatic heterocycles. The fourth-order valence-corrected chi connectivity index (χ4v) is 1.57. The fraction of sp³-hybridized carbons (Fsp3) is 0.333. The first-order valence-electron chi connectivity index (χ1n) is 4.97. The molecule has 0 aliphatic carbocycles. The van der Waals surface area contributed by atoms with E-state index in [0.29, 0.717) is 18.5 Å². The second-order valence-electron chi connectivity index (χ2n) is 3.47. The van der Waals surface area contributed by atoms with Gasteiger partial charge < -0.3 is 4.90 Å². The lowest BCUT2D eigenvalue weighted by molar-refractivity contribution is -0.127. The van der Waals surface area contributed by atoms with Crippen LogP contribution in [-0.2, 0) is 11.2 Å². The Hall–Kier alpha value is -1.53. The van der Waals surface area contributed by atoms with E-state index >= 15 is 0 Å². The van der Waals surface area contributed by atoms with E-state index in [1.165, 1.54) is 0 Å². The molecule has 0 heterocycles. The molecule has 0 N–H and O–H groups in total. The van der Waals surface area contributed by atoms with Crippen LogP contribution in [0.1, 0.15) is 11.1 Å². The van der Waals surface area contributed by atoms with Crippen molar-refractivity contribution < 1.29 is 4.79 Å². The van der Waals surface area contributed by atoms with Crippen LogP contribution < -0.4 is 0 Å². The molecule has 0 bridgehead atoms. The summed E-state index contributed by atoms with van der Waals surface area (Å²) >= 11 is 5.44. The van der Waals surface area contributed by atoms with Crippen molar-refractivity contribution in [3.05, 3.63) is 35.4 Å². The van der Waals surface area contributed by atoms with Crippen molar-refractivity contribution >= 4 is 17.5 Å². The number of benzene rings is 1. The van der Waals surface area contributed by atoms with Crippen molar-refractivity contribution in [1.29, 1.82) is 5.26 Å². The molecule has 0 radical (unpaired) electrons. The third-order valence-corrected chi connectivity index (χ3v) is 2.62. The van der Waals surface area contributed by atoms with Crippen LogP contribution in [0.15, 0.2) is 24.3 Å². The van der Waals surface area contributed by atoms with Crippen LogP contribution in [0.25, 0.3) is 0 Å². The van der Waals surface area contributed by atoms with Crippen molar-refractivity contribution in [3.63, 3.8) is 0 Å². The average Bonchev–Trinajstić information content (AvgIpc) is 2.35. The Kier molecular flexibility index (Phi) is 4.81. The van der Waals surface area contributed by atoms with Gasteiger partial charge in [0.1, 0.15) is 5.88 Å². The molecular formula is C12H13ClN2O. The summed E-state index contributed by atoms with van der Waals surface area (Å²) in [5.41, 5.74) is 1.62. The minimum absolute atomic E-state index is 0.00357. The number of carbonyl (C=O) groups is 1. The van der Waals surface area contributed by atoms with Crippen LogP contribution in [0.2, 0.25) is 0 Å². The van der Waals surface area contributed by atoms with Gasteiger partial charge in [-0.25, -0.2) is 0 Å². The first kappa shape index (κ1) is 12.5. The zero-order valence-corrected chi connectivity index (χ0v) is 9.87. The molecule has 0 aromatic heterocycles. The fourth-order valence-electron chi connectivity index (χ4n) is 1.36. The molecule has 3 nitrogen and oxygen atoms in total. The van der Waals surface area contributed by atoms with E-state index in [-0.39, 0.29) is 11.8 Å². The predicted molar refractivity (Wildman–Crippen MR) is 63.2 cm³/mol. The molecular weight excluding hydrogens is 224 g/mol. The monoisotopic (exact) mass is 236 g/mol. The summed E-state index contributed by atoms with van der Waals surface area (Å²) in [7, 11) is 1.71. The largest absolute Gasteiger partial charge is 0.344 e. The maximum atomic E-state index is 11.2. The van der Waals surface area contributed by atoms with Crippen molar-refractivity contribution in [1.82, 2.24) is 4.90 Å². The average molecular weight is 237 g/mol. The number of amides is 1. The number of hydrogen-bond acceptors (Lipinski definition) is 2. The van der Waals surface area contributed by atoms with E-state index in [9.17, 15) is 4.79 Å². The zero-order chi connectivity index (χ0) is 12.0. The molecule has 0 saturated heterocycles. The SMILES string of the molecule is CN(CCc1ccccc1C#N)C(=O)CCl. The minimum Gasteiger partial charge on any atom is -0.344 e. The van der Waals surface area contributed by atoms with Gasteiger partial charge in [0.25, 0.3) is 0 Å². The number of nitriles is 1. The van der Waals surface area contributed by atoms with Gasteiger partial charge in [0.05, 0.1) is 11.6 Å². The summed E-state index contributed by atoms with van der Waals surface area (Å²) in [4.78, 5) is 12.8. The van der Waals surface area contributed by atoms with E-state index in [1.54, 1.807) is 18.0 Å². The number of carbonyl (C=O) groups excluding carboxylic acids is 1. The summed E-state index contributed by atoms with van der Waals surface area (Å²) in [6.45, 7) is 0.574. The van der Waals surface area contributed by atoms with Crippen LogP contribution in [-0.4, -0.2) is 30.3 Å². The van der Waals surface area contributed by atoms with E-state index in [4.69, 9.17) is 16.9 Å². The Morgan fingerprint density at radius 1 is 1.50 bits per heavy atom. The van der Waals surface area contributed by atoms with E-state index < -0.39 is 0 Å². The van der Waals surface area contributed by atoms with Crippen LogP contribution >= 0.6 is 11.6 Å². The predicted octanol–water partition coefficient (Wildman–Crippen LogP) is 1.80. The highest BCUT2D eigenvalue weighted by molar-refractivity contribution is 6.27. The summed E-state index contributed by atoms with van der Waals surface area (Å²) < 4.78 is 0. The normalized spacial score (nSPS) is 9.56. The van der Waals surface area contributed by atoms with Gasteiger partial charge in [0.2, 0.25) is 5.91 Å². The molecule has 0 spiro atoms. The number of hydrogen-bond donors (Lipinski definition) is 0. The van der Waals surface area contributed by atoms with Crippen LogP contribution in [0.5, 0.6) is 0 Å². The van der Waals surface area contributed by atoms with Gasteiger partial charge in [0, 0.05) is 13.6 Å².